The number of nitrogens with one attached hydrogen (secondary N) is 1. The van der Waals surface area contributed by atoms with E-state index in [1.54, 1.807) is 19.2 Å². The Bertz CT molecular complexity index is 523. The normalized spacial score (nSPS) is 10.6. The lowest BCUT2D eigenvalue weighted by Gasteiger charge is -2.06. The molecule has 0 saturated carbocycles. The van der Waals surface area contributed by atoms with Crippen molar-refractivity contribution in [3.63, 3.8) is 0 Å². The molecule has 0 amide bonds. The van der Waals surface area contributed by atoms with E-state index < -0.39 is 11.6 Å². The molecule has 0 aromatic heterocycles. The molecule has 2 aromatic rings. The average Bonchev–Trinajstić information content (AvgIpc) is 2.25. The molecule has 0 spiro atoms. The summed E-state index contributed by atoms with van der Waals surface area (Å²) in [5.41, 5.74) is 5.88. The number of benzene rings is 2. The van der Waals surface area contributed by atoms with Crippen LogP contribution in [0.15, 0.2) is 24.3 Å². The van der Waals surface area contributed by atoms with Crippen LogP contribution in [0.5, 0.6) is 0 Å². The second kappa shape index (κ2) is 3.38. The van der Waals surface area contributed by atoms with Gasteiger partial charge in [0.1, 0.15) is 5.82 Å². The molecular formula is C11H10F2N2. The maximum absolute atomic E-state index is 13.5. The van der Waals surface area contributed by atoms with Crippen molar-refractivity contribution < 1.29 is 8.78 Å². The van der Waals surface area contributed by atoms with Gasteiger partial charge in [-0.1, -0.05) is 0 Å². The predicted octanol–water partition coefficient (Wildman–Crippen LogP) is 2.74. The van der Waals surface area contributed by atoms with Gasteiger partial charge >= 0.3 is 0 Å². The van der Waals surface area contributed by atoms with Gasteiger partial charge in [0.2, 0.25) is 0 Å². The minimum Gasteiger partial charge on any atom is -0.396 e. The van der Waals surface area contributed by atoms with Crippen LogP contribution in [0.2, 0.25) is 0 Å². The Balaban J connectivity index is 2.84. The van der Waals surface area contributed by atoms with E-state index in [-0.39, 0.29) is 16.5 Å². The molecular weight excluding hydrogens is 198 g/mol. The number of fused-ring (bicyclic) bond motifs is 1. The lowest BCUT2D eigenvalue weighted by Crippen LogP contribution is -1.95. The highest BCUT2D eigenvalue weighted by atomic mass is 19.1. The predicted molar refractivity (Wildman–Crippen MR) is 57.8 cm³/mol. The Morgan fingerprint density at radius 1 is 1.13 bits per heavy atom. The zero-order chi connectivity index (χ0) is 11.0. The molecule has 2 rings (SSSR count). The molecule has 15 heavy (non-hydrogen) atoms. The van der Waals surface area contributed by atoms with Gasteiger partial charge in [0.25, 0.3) is 0 Å². The second-order valence-electron chi connectivity index (χ2n) is 3.27. The first-order valence-electron chi connectivity index (χ1n) is 4.48. The Kier molecular flexibility index (Phi) is 2.19. The summed E-state index contributed by atoms with van der Waals surface area (Å²) in [6, 6.07) is 5.73. The molecule has 0 fully saturated rings. The molecule has 0 bridgehead atoms. The Morgan fingerprint density at radius 2 is 1.87 bits per heavy atom. The third kappa shape index (κ3) is 1.48. The van der Waals surface area contributed by atoms with E-state index in [1.807, 2.05) is 0 Å². The summed E-state index contributed by atoms with van der Waals surface area (Å²) in [4.78, 5) is 0. The van der Waals surface area contributed by atoms with Crippen LogP contribution in [0.3, 0.4) is 0 Å². The first-order chi connectivity index (χ1) is 7.13. The zero-order valence-corrected chi connectivity index (χ0v) is 8.14. The molecule has 0 atom stereocenters. The number of hydrogen-bond acceptors (Lipinski definition) is 2. The van der Waals surface area contributed by atoms with Crippen LogP contribution in [0, 0.1) is 11.6 Å². The van der Waals surface area contributed by atoms with E-state index in [1.165, 1.54) is 6.07 Å². The van der Waals surface area contributed by atoms with Crippen molar-refractivity contribution in [2.24, 2.45) is 0 Å². The molecule has 2 nitrogen and oxygen atoms in total. The van der Waals surface area contributed by atoms with Crippen LogP contribution in [0.25, 0.3) is 10.8 Å². The van der Waals surface area contributed by atoms with Gasteiger partial charge in [0.05, 0.1) is 5.69 Å². The molecule has 4 heteroatoms. The molecule has 2 aromatic carbocycles. The number of anilines is 2. The topological polar surface area (TPSA) is 38.0 Å². The molecule has 0 aliphatic carbocycles. The molecule has 3 N–H and O–H groups in total. The van der Waals surface area contributed by atoms with Gasteiger partial charge in [-0.2, -0.15) is 0 Å². The quantitative estimate of drug-likeness (QED) is 0.707. The average molecular weight is 208 g/mol. The monoisotopic (exact) mass is 208 g/mol. The van der Waals surface area contributed by atoms with Crippen LogP contribution in [-0.4, -0.2) is 7.05 Å². The smallest absolute Gasteiger partial charge is 0.154 e. The van der Waals surface area contributed by atoms with Crippen molar-refractivity contribution in [2.75, 3.05) is 18.1 Å². The van der Waals surface area contributed by atoms with E-state index in [2.05, 4.69) is 5.32 Å². The number of halogens is 2. The maximum Gasteiger partial charge on any atom is 0.154 e. The molecule has 0 saturated heterocycles. The largest absolute Gasteiger partial charge is 0.396 e. The number of rotatable bonds is 1. The van der Waals surface area contributed by atoms with Crippen molar-refractivity contribution in [3.8, 4) is 0 Å². The summed E-state index contributed by atoms with van der Waals surface area (Å²) < 4.78 is 27.0. The minimum atomic E-state index is -0.575. The first-order valence-corrected chi connectivity index (χ1v) is 4.48. The number of hydrogen-bond donors (Lipinski definition) is 2. The number of nitrogen functional groups attached to an aromatic ring is 1. The summed E-state index contributed by atoms with van der Waals surface area (Å²) in [6.07, 6.45) is 0. The molecule has 0 aliphatic rings. The third-order valence-electron chi connectivity index (χ3n) is 2.34. The van der Waals surface area contributed by atoms with Crippen LogP contribution in [0.1, 0.15) is 0 Å². The summed E-state index contributed by atoms with van der Waals surface area (Å²) in [5, 5.41) is 3.29. The standard InChI is InChI=1S/C11H10F2N2/c1-15-6-2-3-7-8(4-6)9(12)5-10(14)11(7)13/h2-5,15H,14H2,1H3. The summed E-state index contributed by atoms with van der Waals surface area (Å²) in [5.74, 6) is -1.09. The van der Waals surface area contributed by atoms with Crippen molar-refractivity contribution in [3.05, 3.63) is 35.9 Å². The maximum atomic E-state index is 13.5. The fraction of sp³-hybridized carbons (Fsp3) is 0.0909. The van der Waals surface area contributed by atoms with E-state index in [4.69, 9.17) is 5.73 Å². The summed E-state index contributed by atoms with van der Waals surface area (Å²) in [7, 11) is 1.72. The highest BCUT2D eigenvalue weighted by molar-refractivity contribution is 5.89. The highest BCUT2D eigenvalue weighted by Crippen LogP contribution is 2.27. The van der Waals surface area contributed by atoms with Gasteiger partial charge in [-0.15, -0.1) is 0 Å². The van der Waals surface area contributed by atoms with Gasteiger partial charge in [0.15, 0.2) is 5.82 Å². The molecule has 0 aliphatic heterocycles. The van der Waals surface area contributed by atoms with E-state index in [9.17, 15) is 8.78 Å². The van der Waals surface area contributed by atoms with E-state index in [0.29, 0.717) is 0 Å². The second-order valence-corrected chi connectivity index (χ2v) is 3.27. The lowest BCUT2D eigenvalue weighted by atomic mass is 10.1. The fourth-order valence-corrected chi connectivity index (χ4v) is 1.52. The Hall–Kier alpha value is -1.84. The zero-order valence-electron chi connectivity index (χ0n) is 8.14. The SMILES string of the molecule is CNc1ccc2c(F)c(N)cc(F)c2c1. The van der Waals surface area contributed by atoms with Crippen LogP contribution < -0.4 is 11.1 Å². The summed E-state index contributed by atoms with van der Waals surface area (Å²) in [6.45, 7) is 0. The van der Waals surface area contributed by atoms with Gasteiger partial charge in [-0.3, -0.25) is 0 Å². The van der Waals surface area contributed by atoms with Crippen molar-refractivity contribution in [1.82, 2.24) is 0 Å². The van der Waals surface area contributed by atoms with Gasteiger partial charge < -0.3 is 11.1 Å². The van der Waals surface area contributed by atoms with Crippen molar-refractivity contribution in [2.45, 2.75) is 0 Å². The minimum absolute atomic E-state index is 0.169. The van der Waals surface area contributed by atoms with Crippen molar-refractivity contribution in [1.29, 1.82) is 0 Å². The van der Waals surface area contributed by atoms with Crippen LogP contribution >= 0.6 is 0 Å². The molecule has 0 heterocycles. The van der Waals surface area contributed by atoms with Gasteiger partial charge in [-0.05, 0) is 18.2 Å². The molecule has 0 unspecified atom stereocenters. The van der Waals surface area contributed by atoms with Crippen LogP contribution in [0.4, 0.5) is 20.2 Å². The number of nitrogens with two attached hydrogens (primary N) is 1. The third-order valence-corrected chi connectivity index (χ3v) is 2.34. The van der Waals surface area contributed by atoms with E-state index >= 15 is 0 Å². The fourth-order valence-electron chi connectivity index (χ4n) is 1.52. The lowest BCUT2D eigenvalue weighted by molar-refractivity contribution is 0.621. The molecule has 78 valence electrons. The van der Waals surface area contributed by atoms with Gasteiger partial charge in [-0.25, -0.2) is 8.78 Å². The van der Waals surface area contributed by atoms with Crippen molar-refractivity contribution >= 4 is 22.1 Å². The Labute approximate surface area is 85.7 Å². The first kappa shape index (κ1) is 9.71. The van der Waals surface area contributed by atoms with Gasteiger partial charge in [0, 0.05) is 29.6 Å². The Morgan fingerprint density at radius 3 is 2.53 bits per heavy atom. The van der Waals surface area contributed by atoms with Crippen LogP contribution in [-0.2, 0) is 0 Å². The highest BCUT2D eigenvalue weighted by Gasteiger charge is 2.10. The molecule has 0 radical (unpaired) electrons. The van der Waals surface area contributed by atoms with E-state index in [0.717, 1.165) is 11.8 Å². The summed E-state index contributed by atoms with van der Waals surface area (Å²) >= 11 is 0.